The molecule has 0 spiro atoms. The monoisotopic (exact) mass is 392 g/mol. The number of hydrogen-bond acceptors (Lipinski definition) is 4. The van der Waals surface area contributed by atoms with Gasteiger partial charge in [0, 0.05) is 30.8 Å². The molecule has 1 unspecified atom stereocenters. The molecule has 0 N–H and O–H groups in total. The van der Waals surface area contributed by atoms with Gasteiger partial charge < -0.3 is 9.80 Å². The van der Waals surface area contributed by atoms with Gasteiger partial charge in [0.15, 0.2) is 0 Å². The Labute approximate surface area is 158 Å². The zero-order valence-electron chi connectivity index (χ0n) is 15.3. The summed E-state index contributed by atoms with van der Waals surface area (Å²) in [5.74, 6) is -1.54. The average molecular weight is 392 g/mol. The third kappa shape index (κ3) is 3.12. The highest BCUT2D eigenvalue weighted by Crippen LogP contribution is 2.45. The number of halogens is 2. The van der Waals surface area contributed by atoms with Crippen molar-refractivity contribution in [1.29, 1.82) is 0 Å². The maximum absolute atomic E-state index is 13.5. The van der Waals surface area contributed by atoms with E-state index in [0.717, 1.165) is 49.3 Å². The lowest BCUT2D eigenvalue weighted by atomic mass is 9.91. The van der Waals surface area contributed by atoms with Crippen molar-refractivity contribution in [3.8, 4) is 0 Å². The van der Waals surface area contributed by atoms with Crippen molar-refractivity contribution >= 4 is 15.5 Å². The molecule has 7 heteroatoms. The second kappa shape index (κ2) is 6.56. The molecule has 2 aromatic rings. The SMILES string of the molecule is CN1CCC2[C@@H](CC1)c1cc(S(=O)(=O)c3cc(F)cc(F)c3)ccc1N2C. The van der Waals surface area contributed by atoms with Crippen LogP contribution in [0.25, 0.3) is 0 Å². The van der Waals surface area contributed by atoms with Crippen LogP contribution in [0.3, 0.4) is 0 Å². The number of likely N-dealkylation sites (tertiary alicyclic amines) is 1. The van der Waals surface area contributed by atoms with Gasteiger partial charge in [0.25, 0.3) is 0 Å². The minimum absolute atomic E-state index is 0.0814. The molecule has 4 rings (SSSR count). The first-order chi connectivity index (χ1) is 12.8. The summed E-state index contributed by atoms with van der Waals surface area (Å²) in [5, 5.41) is 0. The van der Waals surface area contributed by atoms with Crippen molar-refractivity contribution in [2.75, 3.05) is 32.1 Å². The standard InChI is InChI=1S/C20H22F2N2O2S/c1-23-7-5-17-18-12-15(3-4-19(18)24(2)20(17)6-8-23)27(25,26)16-10-13(21)9-14(22)11-16/h3-4,9-12,17,20H,5-8H2,1-2H3/t17-,20?/m0/s1. The van der Waals surface area contributed by atoms with Gasteiger partial charge in [-0.2, -0.15) is 0 Å². The average Bonchev–Trinajstić information content (AvgIpc) is 2.75. The van der Waals surface area contributed by atoms with Crippen molar-refractivity contribution in [3.05, 3.63) is 53.6 Å². The van der Waals surface area contributed by atoms with Crippen LogP contribution in [0.2, 0.25) is 0 Å². The van der Waals surface area contributed by atoms with Crippen LogP contribution >= 0.6 is 0 Å². The summed E-state index contributed by atoms with van der Waals surface area (Å²) in [6, 6.07) is 7.78. The maximum atomic E-state index is 13.5. The van der Waals surface area contributed by atoms with Crippen LogP contribution < -0.4 is 4.90 Å². The molecule has 2 heterocycles. The molecule has 1 saturated heterocycles. The predicted molar refractivity (Wildman–Crippen MR) is 99.9 cm³/mol. The van der Waals surface area contributed by atoms with E-state index in [2.05, 4.69) is 16.8 Å². The van der Waals surface area contributed by atoms with E-state index in [4.69, 9.17) is 0 Å². The second-order valence-electron chi connectivity index (χ2n) is 7.49. The third-order valence-electron chi connectivity index (χ3n) is 5.83. The van der Waals surface area contributed by atoms with E-state index in [1.54, 1.807) is 6.07 Å². The highest BCUT2D eigenvalue weighted by atomic mass is 32.2. The summed E-state index contributed by atoms with van der Waals surface area (Å²) in [6.45, 7) is 1.97. The number of anilines is 1. The Bertz CT molecular complexity index is 973. The largest absolute Gasteiger partial charge is 0.371 e. The molecule has 0 radical (unpaired) electrons. The molecule has 0 amide bonds. The fourth-order valence-electron chi connectivity index (χ4n) is 4.36. The molecule has 0 bridgehead atoms. The second-order valence-corrected chi connectivity index (χ2v) is 9.44. The highest BCUT2D eigenvalue weighted by molar-refractivity contribution is 7.91. The Hall–Kier alpha value is -1.99. The van der Waals surface area contributed by atoms with Crippen molar-refractivity contribution in [3.63, 3.8) is 0 Å². The molecule has 0 aromatic heterocycles. The zero-order valence-corrected chi connectivity index (χ0v) is 16.1. The number of fused-ring (bicyclic) bond motifs is 3. The van der Waals surface area contributed by atoms with E-state index in [-0.39, 0.29) is 15.7 Å². The number of sulfone groups is 1. The van der Waals surface area contributed by atoms with Gasteiger partial charge in [-0.15, -0.1) is 0 Å². The van der Waals surface area contributed by atoms with Crippen LogP contribution in [-0.4, -0.2) is 46.5 Å². The first-order valence-corrected chi connectivity index (χ1v) is 10.5. The molecule has 144 valence electrons. The molecule has 2 aliphatic rings. The normalized spacial score (nSPS) is 23.0. The molecule has 27 heavy (non-hydrogen) atoms. The predicted octanol–water partition coefficient (Wildman–Crippen LogP) is 3.43. The molecule has 0 aliphatic carbocycles. The zero-order chi connectivity index (χ0) is 19.3. The lowest BCUT2D eigenvalue weighted by Crippen LogP contribution is -2.31. The summed E-state index contributed by atoms with van der Waals surface area (Å²) in [7, 11) is 0.155. The fourth-order valence-corrected chi connectivity index (χ4v) is 5.70. The summed E-state index contributed by atoms with van der Waals surface area (Å²) in [6.07, 6.45) is 1.97. The van der Waals surface area contributed by atoms with E-state index in [9.17, 15) is 17.2 Å². The van der Waals surface area contributed by atoms with Crippen LogP contribution in [-0.2, 0) is 9.84 Å². The van der Waals surface area contributed by atoms with Gasteiger partial charge in [-0.1, -0.05) is 0 Å². The minimum atomic E-state index is -3.99. The number of hydrogen-bond donors (Lipinski definition) is 0. The molecule has 2 atom stereocenters. The van der Waals surface area contributed by atoms with Crippen molar-refractivity contribution in [1.82, 2.24) is 4.90 Å². The topological polar surface area (TPSA) is 40.6 Å². The summed E-state index contributed by atoms with van der Waals surface area (Å²) in [4.78, 5) is 4.25. The van der Waals surface area contributed by atoms with Crippen LogP contribution in [0.4, 0.5) is 14.5 Å². The van der Waals surface area contributed by atoms with Crippen LogP contribution in [0.5, 0.6) is 0 Å². The summed E-state index contributed by atoms with van der Waals surface area (Å²) >= 11 is 0. The number of benzene rings is 2. The molecular formula is C20H22F2N2O2S. The first kappa shape index (κ1) is 18.4. The van der Waals surface area contributed by atoms with E-state index >= 15 is 0 Å². The van der Waals surface area contributed by atoms with E-state index in [1.165, 1.54) is 6.07 Å². The first-order valence-electron chi connectivity index (χ1n) is 9.04. The number of nitrogens with zero attached hydrogens (tertiary/aromatic N) is 2. The fraction of sp³-hybridized carbons (Fsp3) is 0.400. The lowest BCUT2D eigenvalue weighted by Gasteiger charge is -2.25. The number of likely N-dealkylation sites (N-methyl/N-ethyl adjacent to an activating group) is 1. The van der Waals surface area contributed by atoms with Gasteiger partial charge >= 0.3 is 0 Å². The van der Waals surface area contributed by atoms with Gasteiger partial charge in [-0.05, 0) is 68.9 Å². The van der Waals surface area contributed by atoms with Gasteiger partial charge in [0.05, 0.1) is 9.79 Å². The van der Waals surface area contributed by atoms with Gasteiger partial charge in [-0.25, -0.2) is 17.2 Å². The Morgan fingerprint density at radius 3 is 2.30 bits per heavy atom. The highest BCUT2D eigenvalue weighted by Gasteiger charge is 2.38. The molecule has 1 fully saturated rings. The molecule has 0 saturated carbocycles. The maximum Gasteiger partial charge on any atom is 0.206 e. The number of rotatable bonds is 2. The van der Waals surface area contributed by atoms with E-state index in [1.807, 2.05) is 13.1 Å². The van der Waals surface area contributed by atoms with Crippen LogP contribution in [0, 0.1) is 11.6 Å². The van der Waals surface area contributed by atoms with E-state index in [0.29, 0.717) is 12.1 Å². The van der Waals surface area contributed by atoms with Gasteiger partial charge in [-0.3, -0.25) is 0 Å². The summed E-state index contributed by atoms with van der Waals surface area (Å²) < 4.78 is 53.0. The van der Waals surface area contributed by atoms with Gasteiger partial charge in [0.1, 0.15) is 11.6 Å². The Balaban J connectivity index is 1.77. The van der Waals surface area contributed by atoms with Crippen molar-refractivity contribution < 1.29 is 17.2 Å². The Morgan fingerprint density at radius 2 is 1.59 bits per heavy atom. The van der Waals surface area contributed by atoms with Crippen molar-refractivity contribution in [2.24, 2.45) is 0 Å². The Morgan fingerprint density at radius 1 is 0.926 bits per heavy atom. The quantitative estimate of drug-likeness (QED) is 0.785. The lowest BCUT2D eigenvalue weighted by molar-refractivity contribution is 0.345. The third-order valence-corrected chi connectivity index (χ3v) is 7.56. The Kier molecular flexibility index (Phi) is 4.47. The van der Waals surface area contributed by atoms with Crippen LogP contribution in [0.1, 0.15) is 24.3 Å². The smallest absolute Gasteiger partial charge is 0.206 e. The summed E-state index contributed by atoms with van der Waals surface area (Å²) in [5.41, 5.74) is 2.05. The van der Waals surface area contributed by atoms with Crippen molar-refractivity contribution in [2.45, 2.75) is 34.6 Å². The molecule has 2 aromatic carbocycles. The molecular weight excluding hydrogens is 370 g/mol. The molecule has 2 aliphatic heterocycles. The minimum Gasteiger partial charge on any atom is -0.371 e. The van der Waals surface area contributed by atoms with E-state index < -0.39 is 21.5 Å². The molecule has 4 nitrogen and oxygen atoms in total. The van der Waals surface area contributed by atoms with Gasteiger partial charge in [0.2, 0.25) is 9.84 Å². The van der Waals surface area contributed by atoms with Crippen LogP contribution in [0.15, 0.2) is 46.2 Å².